The smallest absolute Gasteiger partial charge is 0.409 e. The van der Waals surface area contributed by atoms with Gasteiger partial charge in [-0.2, -0.15) is 0 Å². The molecule has 0 spiro atoms. The molecule has 0 saturated carbocycles. The van der Waals surface area contributed by atoms with E-state index in [0.29, 0.717) is 44.3 Å². The highest BCUT2D eigenvalue weighted by Gasteiger charge is 2.26. The fourth-order valence-electron chi connectivity index (χ4n) is 2.94. The Hall–Kier alpha value is -2.38. The molecule has 0 aliphatic carbocycles. The van der Waals surface area contributed by atoms with E-state index in [1.165, 1.54) is 0 Å². The Bertz CT molecular complexity index is 579. The van der Waals surface area contributed by atoms with Crippen molar-refractivity contribution < 1.29 is 14.3 Å². The summed E-state index contributed by atoms with van der Waals surface area (Å²) in [7, 11) is 0. The third kappa shape index (κ3) is 5.06. The van der Waals surface area contributed by atoms with Gasteiger partial charge >= 0.3 is 6.09 Å². The largest absolute Gasteiger partial charge is 0.450 e. The standard InChI is InChI=1S/C18H29N5O3/c1-4-7-22(8-5-2)17-19-13-15(14-20-17)16(24)21-9-11-23(12-10-21)18(25)26-6-3/h13-14H,4-12H2,1-3H3. The molecule has 0 atom stereocenters. The van der Waals surface area contributed by atoms with Gasteiger partial charge in [0.1, 0.15) is 0 Å². The molecule has 0 radical (unpaired) electrons. The van der Waals surface area contributed by atoms with Gasteiger partial charge in [-0.1, -0.05) is 13.8 Å². The van der Waals surface area contributed by atoms with E-state index in [9.17, 15) is 9.59 Å². The van der Waals surface area contributed by atoms with Crippen molar-refractivity contribution in [3.8, 4) is 0 Å². The Morgan fingerprint density at radius 1 is 1.00 bits per heavy atom. The molecular weight excluding hydrogens is 334 g/mol. The molecule has 144 valence electrons. The summed E-state index contributed by atoms with van der Waals surface area (Å²) in [5.74, 6) is 0.565. The van der Waals surface area contributed by atoms with Crippen LogP contribution in [-0.2, 0) is 4.74 Å². The summed E-state index contributed by atoms with van der Waals surface area (Å²) >= 11 is 0. The first kappa shape index (κ1) is 19.9. The Kier molecular flexibility index (Phi) is 7.62. The van der Waals surface area contributed by atoms with E-state index in [4.69, 9.17) is 4.74 Å². The van der Waals surface area contributed by atoms with Crippen LogP contribution < -0.4 is 4.90 Å². The predicted molar refractivity (Wildman–Crippen MR) is 99.3 cm³/mol. The number of anilines is 1. The van der Waals surface area contributed by atoms with Gasteiger partial charge in [0.2, 0.25) is 5.95 Å². The summed E-state index contributed by atoms with van der Waals surface area (Å²) in [4.78, 5) is 38.6. The number of hydrogen-bond donors (Lipinski definition) is 0. The average Bonchev–Trinajstić information content (AvgIpc) is 2.68. The Morgan fingerprint density at radius 3 is 2.04 bits per heavy atom. The Morgan fingerprint density at radius 2 is 1.54 bits per heavy atom. The van der Waals surface area contributed by atoms with Crippen molar-refractivity contribution in [2.45, 2.75) is 33.6 Å². The maximum Gasteiger partial charge on any atom is 0.409 e. The third-order valence-corrected chi connectivity index (χ3v) is 4.25. The summed E-state index contributed by atoms with van der Waals surface area (Å²) in [5, 5.41) is 0. The molecule has 2 rings (SSSR count). The van der Waals surface area contributed by atoms with Crippen LogP contribution in [0.4, 0.5) is 10.7 Å². The molecule has 2 amide bonds. The van der Waals surface area contributed by atoms with Crippen LogP contribution in [0.15, 0.2) is 12.4 Å². The lowest BCUT2D eigenvalue weighted by Gasteiger charge is -2.34. The van der Waals surface area contributed by atoms with Crippen LogP contribution >= 0.6 is 0 Å². The van der Waals surface area contributed by atoms with Crippen LogP contribution in [0, 0.1) is 0 Å². The van der Waals surface area contributed by atoms with Crippen molar-refractivity contribution in [3.63, 3.8) is 0 Å². The fraction of sp³-hybridized carbons (Fsp3) is 0.667. The van der Waals surface area contributed by atoms with Crippen LogP contribution in [-0.4, -0.2) is 77.6 Å². The van der Waals surface area contributed by atoms with Gasteiger partial charge in [-0.25, -0.2) is 14.8 Å². The molecule has 1 aliphatic heterocycles. The normalized spacial score (nSPS) is 14.3. The van der Waals surface area contributed by atoms with Crippen molar-refractivity contribution in [3.05, 3.63) is 18.0 Å². The first-order chi connectivity index (χ1) is 12.6. The van der Waals surface area contributed by atoms with E-state index in [1.807, 2.05) is 0 Å². The number of hydrogen-bond acceptors (Lipinski definition) is 6. The van der Waals surface area contributed by atoms with E-state index >= 15 is 0 Å². The minimum absolute atomic E-state index is 0.0995. The van der Waals surface area contributed by atoms with Gasteiger partial charge in [0.05, 0.1) is 12.2 Å². The van der Waals surface area contributed by atoms with Crippen LogP contribution in [0.25, 0.3) is 0 Å². The van der Waals surface area contributed by atoms with Crippen molar-refractivity contribution >= 4 is 17.9 Å². The van der Waals surface area contributed by atoms with Gasteiger partial charge in [0.25, 0.3) is 5.91 Å². The molecule has 8 nitrogen and oxygen atoms in total. The van der Waals surface area contributed by atoms with Crippen LogP contribution in [0.2, 0.25) is 0 Å². The molecule has 0 aromatic carbocycles. The molecule has 0 N–H and O–H groups in total. The fourth-order valence-corrected chi connectivity index (χ4v) is 2.94. The molecule has 1 aromatic heterocycles. The van der Waals surface area contributed by atoms with Gasteiger partial charge < -0.3 is 19.4 Å². The highest BCUT2D eigenvalue weighted by Crippen LogP contribution is 2.12. The molecule has 8 heteroatoms. The van der Waals surface area contributed by atoms with Gasteiger partial charge in [-0.3, -0.25) is 4.79 Å². The van der Waals surface area contributed by atoms with Crippen molar-refractivity contribution in [1.29, 1.82) is 0 Å². The van der Waals surface area contributed by atoms with Gasteiger partial charge in [-0.05, 0) is 19.8 Å². The Labute approximate surface area is 155 Å². The second-order valence-electron chi connectivity index (χ2n) is 6.24. The number of piperazine rings is 1. The van der Waals surface area contributed by atoms with Crippen molar-refractivity contribution in [2.75, 3.05) is 50.8 Å². The van der Waals surface area contributed by atoms with Crippen molar-refractivity contribution in [1.82, 2.24) is 19.8 Å². The minimum atomic E-state index is -0.320. The number of nitrogens with zero attached hydrogens (tertiary/aromatic N) is 5. The SMILES string of the molecule is CCCN(CCC)c1ncc(C(=O)N2CCN(C(=O)OCC)CC2)cn1. The molecule has 26 heavy (non-hydrogen) atoms. The highest BCUT2D eigenvalue weighted by molar-refractivity contribution is 5.93. The molecule has 0 unspecified atom stereocenters. The van der Waals surface area contributed by atoms with Gasteiger partial charge in [-0.15, -0.1) is 0 Å². The second kappa shape index (κ2) is 9.94. The number of rotatable bonds is 7. The molecule has 1 saturated heterocycles. The monoisotopic (exact) mass is 363 g/mol. The molecule has 1 fully saturated rings. The van der Waals surface area contributed by atoms with Crippen LogP contribution in [0.3, 0.4) is 0 Å². The molecule has 1 aromatic rings. The van der Waals surface area contributed by atoms with Crippen LogP contribution in [0.5, 0.6) is 0 Å². The highest BCUT2D eigenvalue weighted by atomic mass is 16.6. The minimum Gasteiger partial charge on any atom is -0.450 e. The predicted octanol–water partition coefficient (Wildman–Crippen LogP) is 2.02. The Balaban J connectivity index is 1.95. The number of aromatic nitrogens is 2. The van der Waals surface area contributed by atoms with Crippen LogP contribution in [0.1, 0.15) is 44.0 Å². The zero-order chi connectivity index (χ0) is 18.9. The lowest BCUT2D eigenvalue weighted by Crippen LogP contribution is -2.50. The zero-order valence-corrected chi connectivity index (χ0v) is 16.0. The number of amides is 2. The zero-order valence-electron chi connectivity index (χ0n) is 16.0. The maximum atomic E-state index is 12.6. The second-order valence-corrected chi connectivity index (χ2v) is 6.24. The van der Waals surface area contributed by atoms with E-state index in [0.717, 1.165) is 25.9 Å². The summed E-state index contributed by atoms with van der Waals surface area (Å²) in [6, 6.07) is 0. The lowest BCUT2D eigenvalue weighted by atomic mass is 10.2. The summed E-state index contributed by atoms with van der Waals surface area (Å²) in [6.45, 7) is 10.1. The topological polar surface area (TPSA) is 78.9 Å². The van der Waals surface area contributed by atoms with Crippen molar-refractivity contribution in [2.24, 2.45) is 0 Å². The lowest BCUT2D eigenvalue weighted by molar-refractivity contribution is 0.0570. The first-order valence-electron chi connectivity index (χ1n) is 9.38. The van der Waals surface area contributed by atoms with Gasteiger partial charge in [0, 0.05) is 51.7 Å². The van der Waals surface area contributed by atoms with E-state index < -0.39 is 0 Å². The molecule has 2 heterocycles. The van der Waals surface area contributed by atoms with E-state index in [2.05, 4.69) is 28.7 Å². The quantitative estimate of drug-likeness (QED) is 0.737. The number of ether oxygens (including phenoxy) is 1. The summed E-state index contributed by atoms with van der Waals surface area (Å²) < 4.78 is 5.00. The maximum absolute atomic E-state index is 12.6. The third-order valence-electron chi connectivity index (χ3n) is 4.25. The molecule has 0 bridgehead atoms. The first-order valence-corrected chi connectivity index (χ1v) is 9.38. The average molecular weight is 363 g/mol. The van der Waals surface area contributed by atoms with E-state index in [-0.39, 0.29) is 12.0 Å². The van der Waals surface area contributed by atoms with E-state index in [1.54, 1.807) is 29.1 Å². The number of carbonyl (C=O) groups is 2. The number of carbonyl (C=O) groups excluding carboxylic acids is 2. The van der Waals surface area contributed by atoms with Gasteiger partial charge in [0.15, 0.2) is 0 Å². The molecule has 1 aliphatic rings. The summed E-state index contributed by atoms with van der Waals surface area (Å²) in [5.41, 5.74) is 0.478. The molecular formula is C18H29N5O3. The summed E-state index contributed by atoms with van der Waals surface area (Å²) in [6.07, 6.45) is 4.92.